The molecule has 1 N–H and O–H groups in total. The summed E-state index contributed by atoms with van der Waals surface area (Å²) < 4.78 is 31.6. The summed E-state index contributed by atoms with van der Waals surface area (Å²) in [5.74, 6) is -0.131. The molecule has 0 bridgehead atoms. The SMILES string of the molecule is CCNC(=O)[C@H](CC)N(Cc1ccc(Cl)cc1Cl)C(=O)CCCN(c1ccccc1OC)S(C)(=O)=O. The van der Waals surface area contributed by atoms with Gasteiger partial charge in [-0.05, 0) is 49.6 Å². The van der Waals surface area contributed by atoms with Crippen LogP contribution in [0.3, 0.4) is 0 Å². The van der Waals surface area contributed by atoms with Gasteiger partial charge >= 0.3 is 0 Å². The molecule has 0 saturated carbocycles. The third kappa shape index (κ3) is 8.01. The molecule has 0 saturated heterocycles. The highest BCUT2D eigenvalue weighted by molar-refractivity contribution is 7.92. The largest absolute Gasteiger partial charge is 0.495 e. The summed E-state index contributed by atoms with van der Waals surface area (Å²) in [5.41, 5.74) is 1.05. The monoisotopic (exact) mass is 557 g/mol. The zero-order valence-corrected chi connectivity index (χ0v) is 23.3. The smallest absolute Gasteiger partial charge is 0.242 e. The third-order valence-corrected chi connectivity index (χ3v) is 7.37. The number of nitrogens with one attached hydrogen (secondary N) is 1. The van der Waals surface area contributed by atoms with Crippen LogP contribution in [0.25, 0.3) is 0 Å². The molecule has 0 aliphatic rings. The van der Waals surface area contributed by atoms with Crippen molar-refractivity contribution in [3.05, 3.63) is 58.1 Å². The Labute approximate surface area is 223 Å². The van der Waals surface area contributed by atoms with Gasteiger partial charge < -0.3 is 15.0 Å². The molecule has 1 atom stereocenters. The van der Waals surface area contributed by atoms with Crippen LogP contribution in [0.5, 0.6) is 5.75 Å². The van der Waals surface area contributed by atoms with E-state index in [9.17, 15) is 18.0 Å². The van der Waals surface area contributed by atoms with Crippen molar-refractivity contribution in [1.82, 2.24) is 10.2 Å². The van der Waals surface area contributed by atoms with E-state index < -0.39 is 16.1 Å². The van der Waals surface area contributed by atoms with Gasteiger partial charge in [0.1, 0.15) is 11.8 Å². The third-order valence-electron chi connectivity index (χ3n) is 5.60. The van der Waals surface area contributed by atoms with Crippen LogP contribution in [0.15, 0.2) is 42.5 Å². The zero-order chi connectivity index (χ0) is 26.9. The van der Waals surface area contributed by atoms with Crippen molar-refractivity contribution in [2.45, 2.75) is 45.7 Å². The lowest BCUT2D eigenvalue weighted by Crippen LogP contribution is -2.49. The second-order valence-electron chi connectivity index (χ2n) is 8.19. The van der Waals surface area contributed by atoms with Crippen molar-refractivity contribution >= 4 is 50.7 Å². The van der Waals surface area contributed by atoms with Gasteiger partial charge in [0.15, 0.2) is 0 Å². The number of nitrogens with zero attached hydrogens (tertiary/aromatic N) is 2. The number of methoxy groups -OCH3 is 1. The normalized spacial score (nSPS) is 12.1. The molecule has 198 valence electrons. The summed E-state index contributed by atoms with van der Waals surface area (Å²) in [6, 6.07) is 11.1. The van der Waals surface area contributed by atoms with Gasteiger partial charge in [-0.25, -0.2) is 8.42 Å². The first-order valence-electron chi connectivity index (χ1n) is 11.6. The summed E-state index contributed by atoms with van der Waals surface area (Å²) in [5, 5.41) is 3.64. The Bertz CT molecular complexity index is 1160. The fourth-order valence-corrected chi connectivity index (χ4v) is 5.30. The number of ether oxygens (including phenoxy) is 1. The molecule has 0 aromatic heterocycles. The minimum Gasteiger partial charge on any atom is -0.495 e. The average Bonchev–Trinajstić information content (AvgIpc) is 2.82. The molecule has 0 aliphatic heterocycles. The van der Waals surface area contributed by atoms with Crippen LogP contribution < -0.4 is 14.4 Å². The Morgan fingerprint density at radius 1 is 1.11 bits per heavy atom. The zero-order valence-electron chi connectivity index (χ0n) is 21.0. The van der Waals surface area contributed by atoms with Gasteiger partial charge in [-0.3, -0.25) is 13.9 Å². The first-order chi connectivity index (χ1) is 17.0. The van der Waals surface area contributed by atoms with E-state index >= 15 is 0 Å². The van der Waals surface area contributed by atoms with Crippen molar-refractivity contribution in [3.63, 3.8) is 0 Å². The number of anilines is 1. The topological polar surface area (TPSA) is 96.0 Å². The number of carbonyl (C=O) groups excluding carboxylic acids is 2. The van der Waals surface area contributed by atoms with Crippen LogP contribution in [0.4, 0.5) is 5.69 Å². The minimum absolute atomic E-state index is 0.0300. The van der Waals surface area contributed by atoms with Crippen LogP contribution in [0.1, 0.15) is 38.7 Å². The van der Waals surface area contributed by atoms with Gasteiger partial charge in [0.2, 0.25) is 21.8 Å². The first-order valence-corrected chi connectivity index (χ1v) is 14.3. The lowest BCUT2D eigenvalue weighted by Gasteiger charge is -2.31. The van der Waals surface area contributed by atoms with E-state index in [0.717, 1.165) is 6.26 Å². The number of benzene rings is 2. The minimum atomic E-state index is -3.63. The fraction of sp³-hybridized carbons (Fsp3) is 0.440. The van der Waals surface area contributed by atoms with Crippen LogP contribution in [0, 0.1) is 0 Å². The molecule has 0 radical (unpaired) electrons. The van der Waals surface area contributed by atoms with Crippen LogP contribution >= 0.6 is 23.2 Å². The van der Waals surface area contributed by atoms with Crippen molar-refractivity contribution in [3.8, 4) is 5.75 Å². The fourth-order valence-electron chi connectivity index (χ4n) is 3.86. The molecule has 0 fully saturated rings. The van der Waals surface area contributed by atoms with Gasteiger partial charge in [-0.2, -0.15) is 0 Å². The maximum absolute atomic E-state index is 13.4. The van der Waals surface area contributed by atoms with E-state index in [0.29, 0.717) is 40.0 Å². The number of hydrogen-bond acceptors (Lipinski definition) is 5. The number of amides is 2. The Morgan fingerprint density at radius 3 is 2.39 bits per heavy atom. The molecule has 2 aromatic carbocycles. The molecular weight excluding hydrogens is 525 g/mol. The Balaban J connectivity index is 2.26. The highest BCUT2D eigenvalue weighted by Gasteiger charge is 2.29. The number of carbonyl (C=O) groups is 2. The maximum atomic E-state index is 13.4. The van der Waals surface area contributed by atoms with Gasteiger partial charge in [0.05, 0.1) is 19.1 Å². The van der Waals surface area contributed by atoms with Gasteiger partial charge in [0, 0.05) is 36.1 Å². The van der Waals surface area contributed by atoms with Crippen LogP contribution in [0.2, 0.25) is 10.0 Å². The Morgan fingerprint density at radius 2 is 1.81 bits per heavy atom. The van der Waals surface area contributed by atoms with Crippen LogP contribution in [-0.4, -0.2) is 57.6 Å². The van der Waals surface area contributed by atoms with Gasteiger partial charge in [-0.15, -0.1) is 0 Å². The lowest BCUT2D eigenvalue weighted by molar-refractivity contribution is -0.141. The number of rotatable bonds is 13. The molecule has 8 nitrogen and oxygen atoms in total. The number of sulfonamides is 1. The molecule has 2 aromatic rings. The summed E-state index contributed by atoms with van der Waals surface area (Å²) in [6.07, 6.45) is 1.78. The van der Waals surface area contributed by atoms with E-state index in [1.54, 1.807) is 42.5 Å². The summed E-state index contributed by atoms with van der Waals surface area (Å²) in [7, 11) is -2.17. The second-order valence-corrected chi connectivity index (χ2v) is 10.9. The molecule has 2 amide bonds. The maximum Gasteiger partial charge on any atom is 0.242 e. The predicted molar refractivity (Wildman–Crippen MR) is 144 cm³/mol. The standard InChI is InChI=1S/C25H33Cl2N3O5S/c1-5-21(25(32)28-6-2)29(17-18-13-14-19(26)16-20(18)27)24(31)12-9-15-30(36(4,33)34)22-10-7-8-11-23(22)35-3/h7-8,10-11,13-14,16,21H,5-6,9,12,15,17H2,1-4H3,(H,28,32)/t21-/m0/s1. The molecule has 0 heterocycles. The van der Waals surface area contributed by atoms with Crippen molar-refractivity contribution in [1.29, 1.82) is 0 Å². The molecule has 11 heteroatoms. The van der Waals surface area contributed by atoms with Crippen molar-refractivity contribution < 1.29 is 22.7 Å². The van der Waals surface area contributed by atoms with E-state index in [4.69, 9.17) is 27.9 Å². The van der Waals surface area contributed by atoms with E-state index in [2.05, 4.69) is 5.32 Å². The number of halogens is 2. The van der Waals surface area contributed by atoms with Crippen LogP contribution in [-0.2, 0) is 26.2 Å². The summed E-state index contributed by atoms with van der Waals surface area (Å²) >= 11 is 12.4. The molecular formula is C25H33Cl2N3O5S. The van der Waals surface area contributed by atoms with Crippen molar-refractivity contribution in [2.75, 3.05) is 30.8 Å². The first kappa shape index (κ1) is 29.7. The number of hydrogen-bond donors (Lipinski definition) is 1. The number of para-hydroxylation sites is 2. The summed E-state index contributed by atoms with van der Waals surface area (Å²) in [6.45, 7) is 4.26. The van der Waals surface area contributed by atoms with Crippen molar-refractivity contribution in [2.24, 2.45) is 0 Å². The summed E-state index contributed by atoms with van der Waals surface area (Å²) in [4.78, 5) is 27.7. The van der Waals surface area contributed by atoms with Gasteiger partial charge in [-0.1, -0.05) is 48.3 Å². The molecule has 0 spiro atoms. The molecule has 2 rings (SSSR count). The van der Waals surface area contributed by atoms with E-state index in [1.165, 1.54) is 16.3 Å². The highest BCUT2D eigenvalue weighted by atomic mass is 35.5. The quantitative estimate of drug-likeness (QED) is 0.391. The van der Waals surface area contributed by atoms with E-state index in [1.807, 2.05) is 13.8 Å². The molecule has 0 aliphatic carbocycles. The average molecular weight is 559 g/mol. The molecule has 0 unspecified atom stereocenters. The predicted octanol–water partition coefficient (Wildman–Crippen LogP) is 4.49. The number of likely N-dealkylation sites (N-methyl/N-ethyl adjacent to an activating group) is 1. The van der Waals surface area contributed by atoms with Gasteiger partial charge in [0.25, 0.3) is 0 Å². The lowest BCUT2D eigenvalue weighted by atomic mass is 10.1. The highest BCUT2D eigenvalue weighted by Crippen LogP contribution is 2.30. The second kappa shape index (κ2) is 13.7. The Hall–Kier alpha value is -2.49. The van der Waals surface area contributed by atoms with E-state index in [-0.39, 0.29) is 37.7 Å². The Kier molecular flexibility index (Phi) is 11.3. The molecule has 36 heavy (non-hydrogen) atoms.